The molecule has 0 saturated carbocycles. The van der Waals surface area contributed by atoms with Crippen molar-refractivity contribution in [3.8, 4) is 0 Å². The summed E-state index contributed by atoms with van der Waals surface area (Å²) in [5, 5.41) is 0. The van der Waals surface area contributed by atoms with Crippen LogP contribution in [0.1, 0.15) is 31.9 Å². The fraction of sp³-hybridized carbons (Fsp3) is 0.385. The van der Waals surface area contributed by atoms with Crippen LogP contribution in [0.15, 0.2) is 36.9 Å². The molecule has 0 radical (unpaired) electrons. The molecule has 1 nitrogen and oxygen atoms in total. The summed E-state index contributed by atoms with van der Waals surface area (Å²) in [7, 11) is 0. The average Bonchev–Trinajstić information content (AvgIpc) is 2.23. The van der Waals surface area contributed by atoms with Crippen molar-refractivity contribution in [1.29, 1.82) is 0 Å². The summed E-state index contributed by atoms with van der Waals surface area (Å²) >= 11 is 0. The van der Waals surface area contributed by atoms with Crippen LogP contribution in [0.4, 0.5) is 0 Å². The van der Waals surface area contributed by atoms with Crippen LogP contribution >= 0.6 is 0 Å². The van der Waals surface area contributed by atoms with Crippen LogP contribution in [0.5, 0.6) is 0 Å². The van der Waals surface area contributed by atoms with Crippen LogP contribution in [-0.4, -0.2) is 0 Å². The lowest BCUT2D eigenvalue weighted by atomic mass is 10.2. The fourth-order valence-corrected chi connectivity index (χ4v) is 0.724. The van der Waals surface area contributed by atoms with Crippen LogP contribution in [-0.2, 0) is 6.54 Å². The van der Waals surface area contributed by atoms with Gasteiger partial charge in [0.25, 0.3) is 0 Å². The Balaban J connectivity index is 0. The molecule has 0 spiro atoms. The van der Waals surface area contributed by atoms with E-state index in [9.17, 15) is 0 Å². The first-order valence-corrected chi connectivity index (χ1v) is 5.07. The Morgan fingerprint density at radius 1 is 1.21 bits per heavy atom. The Labute approximate surface area is 88.6 Å². The summed E-state index contributed by atoms with van der Waals surface area (Å²) < 4.78 is 0. The highest BCUT2D eigenvalue weighted by atomic mass is 14.5. The van der Waals surface area contributed by atoms with Crippen molar-refractivity contribution >= 4 is 0 Å². The molecule has 0 heterocycles. The van der Waals surface area contributed by atoms with Crippen molar-refractivity contribution in [2.45, 2.75) is 34.2 Å². The molecule has 1 aromatic rings. The van der Waals surface area contributed by atoms with Gasteiger partial charge in [-0.1, -0.05) is 49.8 Å². The van der Waals surface area contributed by atoms with Crippen molar-refractivity contribution < 1.29 is 0 Å². The molecule has 1 rings (SSSR count). The van der Waals surface area contributed by atoms with Gasteiger partial charge in [-0.2, -0.15) is 0 Å². The lowest BCUT2D eigenvalue weighted by molar-refractivity contribution is 1.07. The van der Waals surface area contributed by atoms with E-state index in [0.29, 0.717) is 6.54 Å². The van der Waals surface area contributed by atoms with Gasteiger partial charge in [0.1, 0.15) is 0 Å². The van der Waals surface area contributed by atoms with E-state index in [2.05, 4.69) is 37.8 Å². The minimum atomic E-state index is 0.639. The molecule has 0 aliphatic rings. The topological polar surface area (TPSA) is 26.0 Å². The molecule has 14 heavy (non-hydrogen) atoms. The summed E-state index contributed by atoms with van der Waals surface area (Å²) in [5.74, 6) is 0. The lowest BCUT2D eigenvalue weighted by Gasteiger charge is -1.94. The summed E-state index contributed by atoms with van der Waals surface area (Å²) in [6.45, 7) is 12.0. The van der Waals surface area contributed by atoms with Gasteiger partial charge in [-0.15, -0.1) is 6.58 Å². The van der Waals surface area contributed by atoms with Crippen LogP contribution in [0, 0.1) is 6.92 Å². The van der Waals surface area contributed by atoms with Gasteiger partial charge in [0.15, 0.2) is 0 Å². The normalized spacial score (nSPS) is 7.50. The number of benzene rings is 1. The quantitative estimate of drug-likeness (QED) is 0.677. The Morgan fingerprint density at radius 3 is 1.86 bits per heavy atom. The van der Waals surface area contributed by atoms with Crippen LogP contribution in [0.2, 0.25) is 0 Å². The maximum atomic E-state index is 5.40. The predicted molar refractivity (Wildman–Crippen MR) is 66.3 cm³/mol. The molecular weight excluding hydrogens is 170 g/mol. The minimum absolute atomic E-state index is 0.639. The number of aryl methyl sites for hydroxylation is 1. The van der Waals surface area contributed by atoms with Crippen molar-refractivity contribution in [3.63, 3.8) is 0 Å². The van der Waals surface area contributed by atoms with Gasteiger partial charge in [0.05, 0.1) is 0 Å². The van der Waals surface area contributed by atoms with Gasteiger partial charge in [0, 0.05) is 6.54 Å². The van der Waals surface area contributed by atoms with E-state index in [4.69, 9.17) is 5.73 Å². The Bertz CT molecular complexity index is 211. The smallest absolute Gasteiger partial charge is 0.0178 e. The molecule has 0 aliphatic carbocycles. The highest BCUT2D eigenvalue weighted by molar-refractivity contribution is 5.20. The first-order chi connectivity index (χ1) is 6.74. The molecule has 0 amide bonds. The number of allylic oxidation sites excluding steroid dienone is 1. The average molecular weight is 193 g/mol. The predicted octanol–water partition coefficient (Wildman–Crippen LogP) is 3.67. The maximum absolute atomic E-state index is 5.40. The molecule has 1 heteroatoms. The van der Waals surface area contributed by atoms with Crippen LogP contribution < -0.4 is 5.73 Å². The van der Waals surface area contributed by atoms with E-state index < -0.39 is 0 Å². The number of hydrogen-bond acceptors (Lipinski definition) is 1. The van der Waals surface area contributed by atoms with E-state index in [1.165, 1.54) is 11.1 Å². The zero-order chi connectivity index (χ0) is 11.4. The van der Waals surface area contributed by atoms with Crippen molar-refractivity contribution in [2.24, 2.45) is 5.73 Å². The molecule has 0 aromatic heterocycles. The molecule has 80 valence electrons. The third-order valence-corrected chi connectivity index (χ3v) is 1.36. The minimum Gasteiger partial charge on any atom is -0.326 e. The van der Waals surface area contributed by atoms with Gasteiger partial charge >= 0.3 is 0 Å². The molecule has 0 saturated heterocycles. The molecule has 2 N–H and O–H groups in total. The molecular formula is C13H23N. The first-order valence-electron chi connectivity index (χ1n) is 5.07. The molecule has 0 fully saturated rings. The van der Waals surface area contributed by atoms with Gasteiger partial charge in [-0.05, 0) is 19.4 Å². The van der Waals surface area contributed by atoms with Crippen LogP contribution in [0.25, 0.3) is 0 Å². The maximum Gasteiger partial charge on any atom is 0.0178 e. The summed E-state index contributed by atoms with van der Waals surface area (Å²) in [6.07, 6.45) is 1.75. The second kappa shape index (κ2) is 11.9. The second-order valence-electron chi connectivity index (χ2n) is 2.60. The summed E-state index contributed by atoms with van der Waals surface area (Å²) in [5.41, 5.74) is 7.88. The molecule has 0 aliphatic heterocycles. The van der Waals surface area contributed by atoms with Crippen molar-refractivity contribution in [2.75, 3.05) is 0 Å². The van der Waals surface area contributed by atoms with Gasteiger partial charge in [0.2, 0.25) is 0 Å². The van der Waals surface area contributed by atoms with Crippen molar-refractivity contribution in [1.82, 2.24) is 0 Å². The second-order valence-corrected chi connectivity index (χ2v) is 2.60. The Kier molecular flexibility index (Phi) is 13.1. The molecule has 1 aromatic carbocycles. The van der Waals surface area contributed by atoms with E-state index in [1.54, 1.807) is 6.08 Å². The summed E-state index contributed by atoms with van der Waals surface area (Å²) in [6, 6.07) is 8.25. The zero-order valence-corrected chi connectivity index (χ0v) is 9.88. The van der Waals surface area contributed by atoms with Crippen LogP contribution in [0.3, 0.4) is 0 Å². The number of hydrogen-bond donors (Lipinski definition) is 1. The van der Waals surface area contributed by atoms with E-state index in [1.807, 2.05) is 20.8 Å². The molecule has 0 bridgehead atoms. The third kappa shape index (κ3) is 9.01. The number of nitrogens with two attached hydrogens (primary N) is 1. The van der Waals surface area contributed by atoms with E-state index >= 15 is 0 Å². The first kappa shape index (κ1) is 15.4. The SMILES string of the molecule is C=CC.CC.Cc1ccc(CN)cc1. The monoisotopic (exact) mass is 193 g/mol. The highest BCUT2D eigenvalue weighted by Crippen LogP contribution is 2.00. The van der Waals surface area contributed by atoms with E-state index in [0.717, 1.165) is 0 Å². The number of rotatable bonds is 1. The third-order valence-electron chi connectivity index (χ3n) is 1.36. The summed E-state index contributed by atoms with van der Waals surface area (Å²) in [4.78, 5) is 0. The van der Waals surface area contributed by atoms with Gasteiger partial charge in [-0.25, -0.2) is 0 Å². The van der Waals surface area contributed by atoms with Crippen molar-refractivity contribution in [3.05, 3.63) is 48.0 Å². The largest absolute Gasteiger partial charge is 0.326 e. The lowest BCUT2D eigenvalue weighted by Crippen LogP contribution is -1.94. The van der Waals surface area contributed by atoms with Gasteiger partial charge < -0.3 is 5.73 Å². The molecule has 0 unspecified atom stereocenters. The Hall–Kier alpha value is -1.08. The standard InChI is InChI=1S/C8H11N.C3H6.C2H6/c1-7-2-4-8(6-9)5-3-7;1-3-2;1-2/h2-5H,6,9H2,1H3;3H,1H2,2H3;1-2H3. The van der Waals surface area contributed by atoms with Gasteiger partial charge in [-0.3, -0.25) is 0 Å². The highest BCUT2D eigenvalue weighted by Gasteiger charge is 1.84. The zero-order valence-electron chi connectivity index (χ0n) is 9.88. The van der Waals surface area contributed by atoms with E-state index in [-0.39, 0.29) is 0 Å². The Morgan fingerprint density at radius 2 is 1.57 bits per heavy atom. The molecule has 0 atom stereocenters. The fourth-order valence-electron chi connectivity index (χ4n) is 0.724.